The first-order valence-corrected chi connectivity index (χ1v) is 13.3. The van der Waals surface area contributed by atoms with E-state index in [1.54, 1.807) is 23.1 Å². The average Bonchev–Trinajstić information content (AvgIpc) is 3.11. The predicted octanol–water partition coefficient (Wildman–Crippen LogP) is 4.06. The molecule has 2 fully saturated rings. The largest absolute Gasteiger partial charge is 0.480 e. The third-order valence-electron chi connectivity index (χ3n) is 5.58. The number of ether oxygens (including phenoxy) is 1. The topological polar surface area (TPSA) is 107 Å². The average molecular weight is 639 g/mol. The number of halogens is 2. The summed E-state index contributed by atoms with van der Waals surface area (Å²) in [6, 6.07) is 13.2. The number of carbonyl (C=O) groups is 4. The molecule has 2 heterocycles. The van der Waals surface area contributed by atoms with Crippen LogP contribution in [0.1, 0.15) is 5.56 Å². The number of anilines is 1. The van der Waals surface area contributed by atoms with Gasteiger partial charge in [0.25, 0.3) is 11.1 Å². The maximum absolute atomic E-state index is 12.9. The molecule has 0 saturated carbocycles. The molecule has 1 N–H and O–H groups in total. The van der Waals surface area contributed by atoms with Crippen LogP contribution >= 0.6 is 43.6 Å². The molecule has 36 heavy (non-hydrogen) atoms. The van der Waals surface area contributed by atoms with Crippen LogP contribution in [0.5, 0.6) is 5.75 Å². The molecule has 0 spiro atoms. The Morgan fingerprint density at radius 2 is 1.67 bits per heavy atom. The highest BCUT2D eigenvalue weighted by molar-refractivity contribution is 9.11. The van der Waals surface area contributed by atoms with Crippen molar-refractivity contribution in [2.45, 2.75) is 0 Å². The summed E-state index contributed by atoms with van der Waals surface area (Å²) >= 11 is 7.44. The number of amides is 3. The van der Waals surface area contributed by atoms with E-state index in [1.807, 2.05) is 30.3 Å². The first kappa shape index (κ1) is 26.2. The lowest BCUT2D eigenvalue weighted by Crippen LogP contribution is -2.51. The number of hydrogen-bond donors (Lipinski definition) is 1. The Morgan fingerprint density at radius 3 is 2.28 bits per heavy atom. The van der Waals surface area contributed by atoms with Crippen molar-refractivity contribution in [1.29, 1.82) is 0 Å². The van der Waals surface area contributed by atoms with Crippen molar-refractivity contribution < 1.29 is 29.0 Å². The monoisotopic (exact) mass is 637 g/mol. The van der Waals surface area contributed by atoms with Crippen LogP contribution in [-0.2, 0) is 14.4 Å². The molecular weight excluding hydrogens is 618 g/mol. The van der Waals surface area contributed by atoms with E-state index >= 15 is 0 Å². The SMILES string of the molecule is O=C(O)COc1c(Br)cc(C=C2SC(=O)N(CC(=O)N3CCN(c4ccccc4)CC3)C2=O)cc1Br. The van der Waals surface area contributed by atoms with E-state index in [0.717, 1.165) is 22.3 Å². The Labute approximate surface area is 228 Å². The number of benzene rings is 2. The summed E-state index contributed by atoms with van der Waals surface area (Å²) in [6.07, 6.45) is 1.55. The van der Waals surface area contributed by atoms with Gasteiger partial charge in [0.15, 0.2) is 6.61 Å². The van der Waals surface area contributed by atoms with E-state index < -0.39 is 23.7 Å². The molecular formula is C24H21Br2N3O6S. The van der Waals surface area contributed by atoms with Crippen molar-refractivity contribution in [3.05, 3.63) is 61.9 Å². The highest BCUT2D eigenvalue weighted by Crippen LogP contribution is 2.37. The lowest BCUT2D eigenvalue weighted by molar-refractivity contribution is -0.139. The first-order valence-electron chi connectivity index (χ1n) is 10.9. The quantitative estimate of drug-likeness (QED) is 0.453. The molecule has 2 aromatic carbocycles. The number of thioether (sulfide) groups is 1. The number of aliphatic carboxylic acids is 1. The molecule has 9 nitrogen and oxygen atoms in total. The van der Waals surface area contributed by atoms with Crippen LogP contribution in [-0.4, -0.2) is 77.3 Å². The van der Waals surface area contributed by atoms with Gasteiger partial charge in [-0.1, -0.05) is 18.2 Å². The number of piperazine rings is 1. The first-order chi connectivity index (χ1) is 17.2. The van der Waals surface area contributed by atoms with Gasteiger partial charge in [-0.15, -0.1) is 0 Å². The van der Waals surface area contributed by atoms with Gasteiger partial charge in [0.05, 0.1) is 13.9 Å². The van der Waals surface area contributed by atoms with Gasteiger partial charge < -0.3 is 19.6 Å². The van der Waals surface area contributed by atoms with Crippen molar-refractivity contribution in [3.8, 4) is 5.75 Å². The van der Waals surface area contributed by atoms with Crippen LogP contribution in [0.2, 0.25) is 0 Å². The summed E-state index contributed by atoms with van der Waals surface area (Å²) in [5.74, 6) is -1.60. The highest BCUT2D eigenvalue weighted by atomic mass is 79.9. The second-order valence-corrected chi connectivity index (χ2v) is 10.7. The predicted molar refractivity (Wildman–Crippen MR) is 143 cm³/mol. The smallest absolute Gasteiger partial charge is 0.341 e. The van der Waals surface area contributed by atoms with Crippen LogP contribution in [0, 0.1) is 0 Å². The lowest BCUT2D eigenvalue weighted by atomic mass is 10.2. The number of carboxylic acid groups (broad SMARTS) is 1. The van der Waals surface area contributed by atoms with E-state index in [2.05, 4.69) is 36.8 Å². The molecule has 2 saturated heterocycles. The number of carboxylic acids is 1. The number of para-hydroxylation sites is 1. The van der Waals surface area contributed by atoms with Crippen LogP contribution in [0.15, 0.2) is 56.3 Å². The van der Waals surface area contributed by atoms with Crippen molar-refractivity contribution >= 4 is 78.4 Å². The van der Waals surface area contributed by atoms with Gasteiger partial charge in [-0.2, -0.15) is 0 Å². The number of carbonyl (C=O) groups excluding carboxylic acids is 3. The molecule has 4 rings (SSSR count). The van der Waals surface area contributed by atoms with E-state index in [-0.39, 0.29) is 17.4 Å². The zero-order chi connectivity index (χ0) is 25.8. The summed E-state index contributed by atoms with van der Waals surface area (Å²) < 4.78 is 6.21. The van der Waals surface area contributed by atoms with Crippen LogP contribution in [0.3, 0.4) is 0 Å². The van der Waals surface area contributed by atoms with Gasteiger partial charge in [-0.05, 0) is 79.5 Å². The summed E-state index contributed by atoms with van der Waals surface area (Å²) in [6.45, 7) is 1.56. The van der Waals surface area contributed by atoms with E-state index in [0.29, 0.717) is 46.4 Å². The molecule has 0 unspecified atom stereocenters. The Kier molecular flexibility index (Phi) is 8.37. The zero-order valence-electron chi connectivity index (χ0n) is 18.9. The molecule has 0 radical (unpaired) electrons. The summed E-state index contributed by atoms with van der Waals surface area (Å²) in [4.78, 5) is 54.1. The second-order valence-electron chi connectivity index (χ2n) is 7.97. The van der Waals surface area contributed by atoms with Gasteiger partial charge in [0.1, 0.15) is 12.3 Å². The van der Waals surface area contributed by atoms with Gasteiger partial charge in [-0.3, -0.25) is 19.3 Å². The fourth-order valence-corrected chi connectivity index (χ4v) is 6.10. The Balaban J connectivity index is 1.38. The van der Waals surface area contributed by atoms with E-state index in [1.165, 1.54) is 0 Å². The van der Waals surface area contributed by atoms with Gasteiger partial charge in [0, 0.05) is 31.9 Å². The summed E-state index contributed by atoms with van der Waals surface area (Å²) in [5.41, 5.74) is 1.69. The highest BCUT2D eigenvalue weighted by Gasteiger charge is 2.37. The molecule has 0 bridgehead atoms. The molecule has 188 valence electrons. The molecule has 0 atom stereocenters. The minimum Gasteiger partial charge on any atom is -0.480 e. The fraction of sp³-hybridized carbons (Fsp3) is 0.250. The lowest BCUT2D eigenvalue weighted by Gasteiger charge is -2.36. The van der Waals surface area contributed by atoms with E-state index in [9.17, 15) is 19.2 Å². The molecule has 2 aliphatic heterocycles. The molecule has 3 amide bonds. The van der Waals surface area contributed by atoms with Crippen LogP contribution < -0.4 is 9.64 Å². The minimum absolute atomic E-state index is 0.194. The number of hydrogen-bond acceptors (Lipinski definition) is 7. The Morgan fingerprint density at radius 1 is 1.03 bits per heavy atom. The Bertz CT molecular complexity index is 1210. The minimum atomic E-state index is -1.11. The zero-order valence-corrected chi connectivity index (χ0v) is 22.8. The van der Waals surface area contributed by atoms with Crippen molar-refractivity contribution in [2.24, 2.45) is 0 Å². The molecule has 0 aromatic heterocycles. The van der Waals surface area contributed by atoms with Crippen LogP contribution in [0.25, 0.3) is 6.08 Å². The molecule has 2 aliphatic rings. The third kappa shape index (κ3) is 6.11. The molecule has 0 aliphatic carbocycles. The van der Waals surface area contributed by atoms with Gasteiger partial charge >= 0.3 is 5.97 Å². The van der Waals surface area contributed by atoms with E-state index in [4.69, 9.17) is 9.84 Å². The number of imide groups is 1. The van der Waals surface area contributed by atoms with Crippen molar-refractivity contribution in [3.63, 3.8) is 0 Å². The normalized spacial score (nSPS) is 17.2. The second kappa shape index (κ2) is 11.5. The molecule has 12 heteroatoms. The summed E-state index contributed by atoms with van der Waals surface area (Å²) in [7, 11) is 0. The molecule has 2 aromatic rings. The standard InChI is InChI=1S/C24H21Br2N3O6S/c25-17-10-15(11-18(26)22(17)35-14-21(31)32)12-19-23(33)29(24(34)36-19)13-20(30)28-8-6-27(7-9-28)16-4-2-1-3-5-16/h1-5,10-12H,6-9,13-14H2,(H,31,32). The number of nitrogens with zero attached hydrogens (tertiary/aromatic N) is 3. The third-order valence-corrected chi connectivity index (χ3v) is 7.66. The van der Waals surface area contributed by atoms with Gasteiger partial charge in [-0.25, -0.2) is 4.79 Å². The Hall–Kier alpha value is -2.83. The van der Waals surface area contributed by atoms with Crippen molar-refractivity contribution in [2.75, 3.05) is 44.2 Å². The maximum Gasteiger partial charge on any atom is 0.341 e. The number of rotatable bonds is 7. The van der Waals surface area contributed by atoms with Gasteiger partial charge in [0.2, 0.25) is 5.91 Å². The maximum atomic E-state index is 12.9. The fourth-order valence-electron chi connectivity index (χ4n) is 3.81. The van der Waals surface area contributed by atoms with Crippen molar-refractivity contribution in [1.82, 2.24) is 9.80 Å². The summed E-state index contributed by atoms with van der Waals surface area (Å²) in [5, 5.41) is 8.32. The van der Waals surface area contributed by atoms with Crippen LogP contribution in [0.4, 0.5) is 10.5 Å².